The summed E-state index contributed by atoms with van der Waals surface area (Å²) in [6.07, 6.45) is -9.38. The lowest BCUT2D eigenvalue weighted by atomic mass is 9.99. The molecule has 0 unspecified atom stereocenters. The van der Waals surface area contributed by atoms with Crippen molar-refractivity contribution in [2.45, 2.75) is 114 Å². The van der Waals surface area contributed by atoms with Gasteiger partial charge in [0.2, 0.25) is 0 Å². The standard InChI is InChI=1S/C22H32O14/c1-11-20(31-10-26)15(29-8-24)5-18(33-11)36-22-13(3)34-19(6-16(22)30-9-25)35-21-12(2)32-17(27)4-14(21)28-7-23/h7-22,27H,4-6H2,1-3H3/t11-,12-,13+,14+,15+,16-,17-,18+,19-,20-,21-,22+/m1/s1. The van der Waals surface area contributed by atoms with E-state index in [0.717, 1.165) is 0 Å². The molecule has 0 aromatic rings. The van der Waals surface area contributed by atoms with Crippen LogP contribution in [0.25, 0.3) is 0 Å². The summed E-state index contributed by atoms with van der Waals surface area (Å²) in [6.45, 7) is 6.05. The molecule has 14 heteroatoms. The molecule has 3 aliphatic rings. The molecular formula is C22H32O14. The smallest absolute Gasteiger partial charge is 0.293 e. The van der Waals surface area contributed by atoms with Gasteiger partial charge in [-0.3, -0.25) is 19.2 Å². The van der Waals surface area contributed by atoms with E-state index in [2.05, 4.69) is 0 Å². The van der Waals surface area contributed by atoms with Crippen molar-refractivity contribution >= 4 is 25.9 Å². The lowest BCUT2D eigenvalue weighted by Gasteiger charge is -2.45. The second-order valence-corrected chi connectivity index (χ2v) is 8.76. The van der Waals surface area contributed by atoms with Gasteiger partial charge in [0, 0.05) is 19.3 Å². The average Bonchev–Trinajstić information content (AvgIpc) is 2.81. The van der Waals surface area contributed by atoms with Gasteiger partial charge in [-0.1, -0.05) is 0 Å². The second-order valence-electron chi connectivity index (χ2n) is 8.76. The summed E-state index contributed by atoms with van der Waals surface area (Å²) in [6, 6.07) is 0. The normalized spacial score (nSPS) is 43.0. The van der Waals surface area contributed by atoms with Gasteiger partial charge in [0.1, 0.15) is 30.5 Å². The van der Waals surface area contributed by atoms with Crippen LogP contribution in [0.3, 0.4) is 0 Å². The second kappa shape index (κ2) is 13.3. The lowest BCUT2D eigenvalue weighted by molar-refractivity contribution is -0.331. The summed E-state index contributed by atoms with van der Waals surface area (Å²) in [5, 5.41) is 9.82. The number of carbonyl (C=O) groups excluding carboxylic acids is 4. The summed E-state index contributed by atoms with van der Waals surface area (Å²) in [5.74, 6) is 0. The third-order valence-electron chi connectivity index (χ3n) is 6.40. The number of rotatable bonds is 12. The molecular weight excluding hydrogens is 488 g/mol. The quantitative estimate of drug-likeness (QED) is 0.253. The third kappa shape index (κ3) is 6.89. The van der Waals surface area contributed by atoms with Gasteiger partial charge in [0.05, 0.1) is 18.3 Å². The van der Waals surface area contributed by atoms with E-state index in [9.17, 15) is 24.3 Å². The Morgan fingerprint density at radius 1 is 0.583 bits per heavy atom. The minimum atomic E-state index is -1.11. The fraction of sp³-hybridized carbons (Fsp3) is 0.818. The molecule has 0 aromatic carbocycles. The molecule has 0 amide bonds. The van der Waals surface area contributed by atoms with Gasteiger partial charge in [0.25, 0.3) is 25.9 Å². The molecule has 0 bridgehead atoms. The molecule has 0 spiro atoms. The van der Waals surface area contributed by atoms with Crippen LogP contribution in [0.15, 0.2) is 0 Å². The number of hydrogen-bond acceptors (Lipinski definition) is 14. The zero-order chi connectivity index (χ0) is 26.2. The molecule has 3 heterocycles. The molecule has 3 fully saturated rings. The number of hydrogen-bond donors (Lipinski definition) is 1. The van der Waals surface area contributed by atoms with Gasteiger partial charge in [0.15, 0.2) is 25.0 Å². The summed E-state index contributed by atoms with van der Waals surface area (Å²) in [7, 11) is 0. The van der Waals surface area contributed by atoms with Gasteiger partial charge in [-0.05, 0) is 20.8 Å². The van der Waals surface area contributed by atoms with Gasteiger partial charge in [-0.2, -0.15) is 0 Å². The summed E-state index contributed by atoms with van der Waals surface area (Å²) in [4.78, 5) is 43.9. The SMILES string of the molecule is C[C@@H]1O[C@H](O[C@H]2[C@@H](OC=O)C[C@H](O)O[C@@H]2C)C[C@@H](OC=O)[C@H]1O[C@H]1C[C@H](OC=O)[C@H](OC=O)[C@@H](C)O1. The van der Waals surface area contributed by atoms with E-state index < -0.39 is 73.8 Å². The lowest BCUT2D eigenvalue weighted by Crippen LogP contribution is -2.57. The van der Waals surface area contributed by atoms with Crippen LogP contribution in [-0.2, 0) is 61.8 Å². The van der Waals surface area contributed by atoms with Crippen LogP contribution in [-0.4, -0.2) is 105 Å². The van der Waals surface area contributed by atoms with Crippen LogP contribution < -0.4 is 0 Å². The van der Waals surface area contributed by atoms with Crippen LogP contribution in [0, 0.1) is 0 Å². The minimum Gasteiger partial charge on any atom is -0.461 e. The molecule has 12 atom stereocenters. The summed E-state index contributed by atoms with van der Waals surface area (Å²) in [5.41, 5.74) is 0. The van der Waals surface area contributed by atoms with Crippen LogP contribution >= 0.6 is 0 Å². The van der Waals surface area contributed by atoms with Crippen molar-refractivity contribution in [2.24, 2.45) is 0 Å². The molecule has 0 aliphatic carbocycles. The predicted octanol–water partition coefficient (Wildman–Crippen LogP) is -0.680. The highest BCUT2D eigenvalue weighted by Gasteiger charge is 2.47. The zero-order valence-electron chi connectivity index (χ0n) is 20.1. The Bertz CT molecular complexity index is 736. The molecule has 1 N–H and O–H groups in total. The minimum absolute atomic E-state index is 0.0199. The van der Waals surface area contributed by atoms with Crippen LogP contribution in [0.1, 0.15) is 40.0 Å². The van der Waals surface area contributed by atoms with Crippen molar-refractivity contribution in [3.8, 4) is 0 Å². The van der Waals surface area contributed by atoms with E-state index in [4.69, 9.17) is 42.6 Å². The average molecular weight is 520 g/mol. The molecule has 3 aliphatic heterocycles. The Kier molecular flexibility index (Phi) is 10.4. The maximum absolute atomic E-state index is 11.2. The van der Waals surface area contributed by atoms with Gasteiger partial charge >= 0.3 is 0 Å². The zero-order valence-corrected chi connectivity index (χ0v) is 20.1. The molecule has 14 nitrogen and oxygen atoms in total. The van der Waals surface area contributed by atoms with Crippen LogP contribution in [0.4, 0.5) is 0 Å². The first-order valence-corrected chi connectivity index (χ1v) is 11.6. The monoisotopic (exact) mass is 520 g/mol. The van der Waals surface area contributed by atoms with E-state index in [1.165, 1.54) is 0 Å². The third-order valence-corrected chi connectivity index (χ3v) is 6.40. The van der Waals surface area contributed by atoms with Gasteiger partial charge in [-0.25, -0.2) is 0 Å². The van der Waals surface area contributed by atoms with E-state index in [1.54, 1.807) is 20.8 Å². The Balaban J connectivity index is 1.66. The Morgan fingerprint density at radius 2 is 0.972 bits per heavy atom. The number of aliphatic hydroxyl groups is 1. The van der Waals surface area contributed by atoms with E-state index in [1.807, 2.05) is 0 Å². The topological polar surface area (TPSA) is 172 Å². The van der Waals surface area contributed by atoms with Crippen molar-refractivity contribution < 1.29 is 66.9 Å². The highest BCUT2D eigenvalue weighted by molar-refractivity contribution is 5.40. The molecule has 3 rings (SSSR count). The maximum atomic E-state index is 11.2. The number of aliphatic hydroxyl groups excluding tert-OH is 1. The van der Waals surface area contributed by atoms with Crippen molar-refractivity contribution in [2.75, 3.05) is 0 Å². The molecule has 3 saturated heterocycles. The fourth-order valence-corrected chi connectivity index (χ4v) is 4.81. The fourth-order valence-electron chi connectivity index (χ4n) is 4.81. The highest BCUT2D eigenvalue weighted by Crippen LogP contribution is 2.33. The molecule has 36 heavy (non-hydrogen) atoms. The number of ether oxygens (including phenoxy) is 9. The van der Waals surface area contributed by atoms with E-state index >= 15 is 0 Å². The summed E-state index contributed by atoms with van der Waals surface area (Å²) < 4.78 is 49.6. The highest BCUT2D eigenvalue weighted by atomic mass is 16.7. The van der Waals surface area contributed by atoms with Gasteiger partial charge in [-0.15, -0.1) is 0 Å². The van der Waals surface area contributed by atoms with E-state index in [-0.39, 0.29) is 45.2 Å². The first-order valence-electron chi connectivity index (χ1n) is 11.6. The van der Waals surface area contributed by atoms with E-state index in [0.29, 0.717) is 0 Å². The molecule has 0 radical (unpaired) electrons. The van der Waals surface area contributed by atoms with Crippen LogP contribution in [0.5, 0.6) is 0 Å². The van der Waals surface area contributed by atoms with Crippen LogP contribution in [0.2, 0.25) is 0 Å². The van der Waals surface area contributed by atoms with Crippen molar-refractivity contribution in [3.63, 3.8) is 0 Å². The molecule has 204 valence electrons. The molecule has 0 aromatic heterocycles. The van der Waals surface area contributed by atoms with Gasteiger partial charge < -0.3 is 47.7 Å². The predicted molar refractivity (Wildman–Crippen MR) is 113 cm³/mol. The first kappa shape index (κ1) is 28.2. The largest absolute Gasteiger partial charge is 0.461 e. The van der Waals surface area contributed by atoms with Crippen molar-refractivity contribution in [1.29, 1.82) is 0 Å². The molecule has 0 saturated carbocycles. The summed E-state index contributed by atoms with van der Waals surface area (Å²) >= 11 is 0. The Hall–Kier alpha value is -2.36. The Morgan fingerprint density at radius 3 is 1.44 bits per heavy atom. The first-order chi connectivity index (χ1) is 17.3. The van der Waals surface area contributed by atoms with Crippen molar-refractivity contribution in [3.05, 3.63) is 0 Å². The van der Waals surface area contributed by atoms with Crippen molar-refractivity contribution in [1.82, 2.24) is 0 Å². The maximum Gasteiger partial charge on any atom is 0.293 e. The number of carbonyl (C=O) groups is 4. The Labute approximate surface area is 207 Å².